The summed E-state index contributed by atoms with van der Waals surface area (Å²) in [5.41, 5.74) is 2.05. The van der Waals surface area contributed by atoms with E-state index in [2.05, 4.69) is 79.3 Å². The fraction of sp³-hybridized carbons (Fsp3) is 0.435. The number of aromatic nitrogens is 4. The van der Waals surface area contributed by atoms with Gasteiger partial charge in [0.25, 0.3) is 0 Å². The van der Waals surface area contributed by atoms with Gasteiger partial charge in [0.05, 0.1) is 11.6 Å². The first-order valence-electron chi connectivity index (χ1n) is 10.1. The number of halogens is 1. The van der Waals surface area contributed by atoms with Gasteiger partial charge in [0, 0.05) is 13.1 Å². The van der Waals surface area contributed by atoms with E-state index in [9.17, 15) is 4.39 Å². The average Bonchev–Trinajstić information content (AvgIpc) is 3.14. The molecule has 0 aliphatic heterocycles. The topological polar surface area (TPSA) is 46.8 Å². The van der Waals surface area contributed by atoms with Crippen LogP contribution >= 0.6 is 0 Å². The normalized spacial score (nSPS) is 13.2. The molecule has 3 rings (SSSR count). The summed E-state index contributed by atoms with van der Waals surface area (Å²) in [5, 5.41) is 12.7. The van der Waals surface area contributed by atoms with Crippen LogP contribution in [0.3, 0.4) is 0 Å². The van der Waals surface area contributed by atoms with Crippen LogP contribution in [-0.4, -0.2) is 25.1 Å². The van der Waals surface area contributed by atoms with Crippen molar-refractivity contribution in [3.05, 3.63) is 77.4 Å². The van der Waals surface area contributed by atoms with Crippen molar-refractivity contribution in [1.82, 2.24) is 25.1 Å². The highest BCUT2D eigenvalue weighted by Gasteiger charge is 2.32. The summed E-state index contributed by atoms with van der Waals surface area (Å²) < 4.78 is 15.3. The summed E-state index contributed by atoms with van der Waals surface area (Å²) in [7, 11) is 0. The minimum absolute atomic E-state index is 0.00878. The molecule has 0 amide bonds. The van der Waals surface area contributed by atoms with E-state index in [1.54, 1.807) is 0 Å². The summed E-state index contributed by atoms with van der Waals surface area (Å²) in [6, 6.07) is 17.1. The molecule has 2 aromatic carbocycles. The molecule has 154 valence electrons. The van der Waals surface area contributed by atoms with E-state index in [0.29, 0.717) is 6.54 Å². The lowest BCUT2D eigenvalue weighted by atomic mass is 9.98. The van der Waals surface area contributed by atoms with Gasteiger partial charge in [-0.1, -0.05) is 56.3 Å². The van der Waals surface area contributed by atoms with E-state index in [1.165, 1.54) is 17.7 Å². The Kier molecular flexibility index (Phi) is 6.42. The first-order chi connectivity index (χ1) is 13.8. The minimum atomic E-state index is -0.222. The van der Waals surface area contributed by atoms with Crippen molar-refractivity contribution in [3.8, 4) is 0 Å². The van der Waals surface area contributed by atoms with Crippen molar-refractivity contribution in [2.75, 3.05) is 0 Å². The van der Waals surface area contributed by atoms with Gasteiger partial charge < -0.3 is 0 Å². The predicted molar refractivity (Wildman–Crippen MR) is 112 cm³/mol. The lowest BCUT2D eigenvalue weighted by Gasteiger charge is -2.35. The lowest BCUT2D eigenvalue weighted by Crippen LogP contribution is -2.36. The Morgan fingerprint density at radius 1 is 0.931 bits per heavy atom. The van der Waals surface area contributed by atoms with Gasteiger partial charge in [0.15, 0.2) is 5.82 Å². The molecule has 29 heavy (non-hydrogen) atoms. The van der Waals surface area contributed by atoms with Crippen LogP contribution in [-0.2, 0) is 18.6 Å². The highest BCUT2D eigenvalue weighted by atomic mass is 19.1. The predicted octanol–water partition coefficient (Wildman–Crippen LogP) is 4.97. The number of rotatable bonds is 7. The number of hydrogen-bond donors (Lipinski definition) is 0. The van der Waals surface area contributed by atoms with Crippen LogP contribution in [0.1, 0.15) is 57.6 Å². The van der Waals surface area contributed by atoms with Crippen molar-refractivity contribution in [1.29, 1.82) is 0 Å². The maximum atomic E-state index is 13.4. The van der Waals surface area contributed by atoms with Crippen molar-refractivity contribution in [2.45, 2.75) is 59.3 Å². The Bertz CT molecular complexity index is 897. The zero-order chi connectivity index (χ0) is 21.0. The van der Waals surface area contributed by atoms with Crippen LogP contribution in [0.15, 0.2) is 54.6 Å². The molecular formula is C23H30FN5. The fourth-order valence-electron chi connectivity index (χ4n) is 3.63. The molecule has 0 saturated heterocycles. The summed E-state index contributed by atoms with van der Waals surface area (Å²) in [5.74, 6) is 0.914. The van der Waals surface area contributed by atoms with Crippen molar-refractivity contribution < 1.29 is 4.39 Å². The van der Waals surface area contributed by atoms with Gasteiger partial charge in [-0.3, -0.25) is 4.90 Å². The molecule has 0 bridgehead atoms. The summed E-state index contributed by atoms with van der Waals surface area (Å²) in [6.07, 6.45) is 0. The van der Waals surface area contributed by atoms with E-state index >= 15 is 0 Å². The van der Waals surface area contributed by atoms with Gasteiger partial charge in [-0.25, -0.2) is 9.07 Å². The van der Waals surface area contributed by atoms with E-state index in [-0.39, 0.29) is 23.3 Å². The van der Waals surface area contributed by atoms with Gasteiger partial charge in [-0.2, -0.15) is 0 Å². The number of nitrogens with zero attached hydrogens (tertiary/aromatic N) is 5. The summed E-state index contributed by atoms with van der Waals surface area (Å²) in [4.78, 5) is 2.38. The van der Waals surface area contributed by atoms with Gasteiger partial charge in [0.1, 0.15) is 5.82 Å². The van der Waals surface area contributed by atoms with Crippen molar-refractivity contribution in [2.24, 2.45) is 5.92 Å². The maximum Gasteiger partial charge on any atom is 0.169 e. The standard InChI is InChI=1S/C23H30FN5/c1-17(2)21(22-25-26-27-29(22)23(3,4)5)28(15-18-9-7-6-8-10-18)16-19-11-13-20(24)14-12-19/h6-14,17,21H,15-16H2,1-5H3/t21-/m1/s1. The van der Waals surface area contributed by atoms with E-state index in [0.717, 1.165) is 17.9 Å². The Morgan fingerprint density at radius 2 is 1.52 bits per heavy atom. The monoisotopic (exact) mass is 395 g/mol. The highest BCUT2D eigenvalue weighted by molar-refractivity contribution is 5.19. The molecule has 1 heterocycles. The smallest absolute Gasteiger partial charge is 0.169 e. The Morgan fingerprint density at radius 3 is 2.07 bits per heavy atom. The van der Waals surface area contributed by atoms with E-state index in [1.807, 2.05) is 22.9 Å². The Labute approximate surface area is 172 Å². The number of tetrazole rings is 1. The fourth-order valence-corrected chi connectivity index (χ4v) is 3.63. The Balaban J connectivity index is 2.01. The largest absolute Gasteiger partial charge is 0.285 e. The first kappa shape index (κ1) is 21.1. The van der Waals surface area contributed by atoms with Crippen LogP contribution in [0.4, 0.5) is 4.39 Å². The first-order valence-corrected chi connectivity index (χ1v) is 10.1. The van der Waals surface area contributed by atoms with E-state index in [4.69, 9.17) is 0 Å². The van der Waals surface area contributed by atoms with Crippen molar-refractivity contribution >= 4 is 0 Å². The average molecular weight is 396 g/mol. The van der Waals surface area contributed by atoms with Gasteiger partial charge >= 0.3 is 0 Å². The quantitative estimate of drug-likeness (QED) is 0.567. The van der Waals surface area contributed by atoms with Crippen molar-refractivity contribution in [3.63, 3.8) is 0 Å². The molecule has 0 spiro atoms. The highest BCUT2D eigenvalue weighted by Crippen LogP contribution is 2.32. The second-order valence-corrected chi connectivity index (χ2v) is 8.83. The minimum Gasteiger partial charge on any atom is -0.285 e. The Hall–Kier alpha value is -2.60. The summed E-state index contributed by atoms with van der Waals surface area (Å²) in [6.45, 7) is 12.1. The van der Waals surface area contributed by atoms with Crippen LogP contribution in [0.25, 0.3) is 0 Å². The molecule has 0 radical (unpaired) electrons. The van der Waals surface area contributed by atoms with Gasteiger partial charge in [0.2, 0.25) is 0 Å². The van der Waals surface area contributed by atoms with Gasteiger partial charge in [-0.15, -0.1) is 5.10 Å². The zero-order valence-electron chi connectivity index (χ0n) is 17.9. The van der Waals surface area contributed by atoms with Crippen LogP contribution in [0, 0.1) is 11.7 Å². The third-order valence-electron chi connectivity index (χ3n) is 4.95. The molecular weight excluding hydrogens is 365 g/mol. The second kappa shape index (κ2) is 8.82. The van der Waals surface area contributed by atoms with Crippen LogP contribution < -0.4 is 0 Å². The molecule has 5 nitrogen and oxygen atoms in total. The van der Waals surface area contributed by atoms with Gasteiger partial charge in [-0.05, 0) is 60.4 Å². The molecule has 0 saturated carbocycles. The molecule has 0 N–H and O–H groups in total. The maximum absolute atomic E-state index is 13.4. The molecule has 0 aliphatic rings. The number of benzene rings is 2. The zero-order valence-corrected chi connectivity index (χ0v) is 17.9. The molecule has 0 aliphatic carbocycles. The third-order valence-corrected chi connectivity index (χ3v) is 4.95. The van der Waals surface area contributed by atoms with E-state index < -0.39 is 0 Å². The molecule has 1 atom stereocenters. The lowest BCUT2D eigenvalue weighted by molar-refractivity contribution is 0.120. The summed E-state index contributed by atoms with van der Waals surface area (Å²) >= 11 is 0. The second-order valence-electron chi connectivity index (χ2n) is 8.83. The molecule has 1 aromatic heterocycles. The molecule has 6 heteroatoms. The molecule has 0 fully saturated rings. The van der Waals surface area contributed by atoms with Crippen LogP contribution in [0.2, 0.25) is 0 Å². The molecule has 3 aromatic rings. The third kappa shape index (κ3) is 5.26. The van der Waals surface area contributed by atoms with Crippen LogP contribution in [0.5, 0.6) is 0 Å². The molecule has 0 unspecified atom stereocenters. The SMILES string of the molecule is CC(C)[C@H](c1nnnn1C(C)(C)C)N(Cc1ccccc1)Cc1ccc(F)cc1. The number of hydrogen-bond acceptors (Lipinski definition) is 4.